The molecule has 0 aliphatic heterocycles. The molecule has 0 unspecified atom stereocenters. The quantitative estimate of drug-likeness (QED) is 0.555. The Kier molecular flexibility index (Phi) is 3.34. The first-order chi connectivity index (χ1) is 7.36. The van der Waals surface area contributed by atoms with E-state index in [4.69, 9.17) is 0 Å². The molecule has 88 valence electrons. The highest BCUT2D eigenvalue weighted by molar-refractivity contribution is 5.19. The van der Waals surface area contributed by atoms with Crippen LogP contribution in [0.2, 0.25) is 0 Å². The topological polar surface area (TPSA) is 59.3 Å². The van der Waals surface area contributed by atoms with Crippen LogP contribution in [0.5, 0.6) is 0 Å². The number of aromatic nitrogens is 2. The van der Waals surface area contributed by atoms with Gasteiger partial charge in [0.25, 0.3) is 5.56 Å². The molecule has 0 aliphatic rings. The molecule has 1 rings (SSSR count). The zero-order valence-corrected chi connectivity index (χ0v) is 9.94. The van der Waals surface area contributed by atoms with Gasteiger partial charge in [-0.2, -0.15) is 0 Å². The van der Waals surface area contributed by atoms with E-state index in [1.165, 1.54) is 17.8 Å². The molecule has 0 aliphatic carbocycles. The molecule has 0 amide bonds. The molecule has 0 radical (unpaired) electrons. The van der Waals surface area contributed by atoms with Crippen molar-refractivity contribution in [3.05, 3.63) is 31.4 Å². The van der Waals surface area contributed by atoms with Crippen molar-refractivity contribution >= 4 is 12.8 Å². The standard InChI is InChI=1S/C10H16N4O2/c1-7-8(6-11-12(2)3)9(15)14(5)10(16)13(7)4/h6,11H,1H2,2-5H3/b8-6-. The van der Waals surface area contributed by atoms with Crippen molar-refractivity contribution in [3.8, 4) is 0 Å². The highest BCUT2D eigenvalue weighted by Crippen LogP contribution is 1.61. The van der Waals surface area contributed by atoms with Crippen LogP contribution in [-0.4, -0.2) is 28.2 Å². The zero-order chi connectivity index (χ0) is 12.5. The third-order valence-electron chi connectivity index (χ3n) is 2.29. The van der Waals surface area contributed by atoms with Gasteiger partial charge >= 0.3 is 5.69 Å². The second-order valence-electron chi connectivity index (χ2n) is 3.73. The molecular formula is C10H16N4O2. The fraction of sp³-hybridized carbons (Fsp3) is 0.400. The molecule has 0 bridgehead atoms. The molecule has 1 N–H and O–H groups in total. The van der Waals surface area contributed by atoms with Crippen LogP contribution in [0.1, 0.15) is 0 Å². The number of nitrogens with one attached hydrogen (secondary N) is 1. The highest BCUT2D eigenvalue weighted by atomic mass is 16.2. The molecule has 0 saturated carbocycles. The first kappa shape index (κ1) is 12.3. The number of hydrazine groups is 1. The summed E-state index contributed by atoms with van der Waals surface area (Å²) >= 11 is 0. The van der Waals surface area contributed by atoms with Crippen LogP contribution in [0.15, 0.2) is 9.59 Å². The summed E-state index contributed by atoms with van der Waals surface area (Å²) in [5.74, 6) is 0. The van der Waals surface area contributed by atoms with E-state index in [1.54, 1.807) is 26.2 Å². The zero-order valence-electron chi connectivity index (χ0n) is 9.94. The Labute approximate surface area is 92.7 Å². The average molecular weight is 224 g/mol. The second kappa shape index (κ2) is 4.36. The lowest BCUT2D eigenvalue weighted by molar-refractivity contribution is 0.358. The highest BCUT2D eigenvalue weighted by Gasteiger charge is 2.02. The number of hydrogen-bond donors (Lipinski definition) is 1. The van der Waals surface area contributed by atoms with Crippen LogP contribution in [0.25, 0.3) is 12.8 Å². The van der Waals surface area contributed by atoms with Crippen molar-refractivity contribution < 1.29 is 0 Å². The van der Waals surface area contributed by atoms with E-state index in [2.05, 4.69) is 12.0 Å². The molecule has 1 aromatic rings. The summed E-state index contributed by atoms with van der Waals surface area (Å²) in [6.45, 7) is 3.72. The van der Waals surface area contributed by atoms with Gasteiger partial charge in [-0.3, -0.25) is 13.9 Å². The predicted octanol–water partition coefficient (Wildman–Crippen LogP) is -2.70. The third-order valence-corrected chi connectivity index (χ3v) is 2.29. The summed E-state index contributed by atoms with van der Waals surface area (Å²) in [5, 5.41) is 2.45. The van der Waals surface area contributed by atoms with Gasteiger partial charge in [0.15, 0.2) is 0 Å². The minimum atomic E-state index is -0.378. The van der Waals surface area contributed by atoms with Crippen LogP contribution in [0, 0.1) is 0 Å². The monoisotopic (exact) mass is 224 g/mol. The molecule has 1 aromatic heterocycles. The molecular weight excluding hydrogens is 208 g/mol. The minimum Gasteiger partial charge on any atom is -0.326 e. The molecule has 6 heteroatoms. The predicted molar refractivity (Wildman–Crippen MR) is 63.0 cm³/mol. The third kappa shape index (κ3) is 2.06. The van der Waals surface area contributed by atoms with E-state index < -0.39 is 0 Å². The lowest BCUT2D eigenvalue weighted by Crippen LogP contribution is -2.57. The molecule has 0 aromatic carbocycles. The van der Waals surface area contributed by atoms with Crippen LogP contribution in [0.4, 0.5) is 0 Å². The first-order valence-corrected chi connectivity index (χ1v) is 4.75. The smallest absolute Gasteiger partial charge is 0.326 e. The molecule has 0 fully saturated rings. The normalized spacial score (nSPS) is 12.2. The van der Waals surface area contributed by atoms with Crippen LogP contribution in [-0.2, 0) is 14.1 Å². The molecule has 6 nitrogen and oxygen atoms in total. The van der Waals surface area contributed by atoms with Gasteiger partial charge in [0, 0.05) is 34.4 Å². The van der Waals surface area contributed by atoms with E-state index in [-0.39, 0.29) is 11.2 Å². The van der Waals surface area contributed by atoms with Crippen molar-refractivity contribution in [1.82, 2.24) is 19.6 Å². The van der Waals surface area contributed by atoms with Crippen molar-refractivity contribution in [1.29, 1.82) is 0 Å². The van der Waals surface area contributed by atoms with Gasteiger partial charge in [0.2, 0.25) is 0 Å². The Hall–Kier alpha value is -1.82. The van der Waals surface area contributed by atoms with Gasteiger partial charge in [-0.1, -0.05) is 6.58 Å². The van der Waals surface area contributed by atoms with Crippen molar-refractivity contribution in [3.63, 3.8) is 0 Å². The van der Waals surface area contributed by atoms with Crippen LogP contribution in [0.3, 0.4) is 0 Å². The Morgan fingerprint density at radius 3 is 2.31 bits per heavy atom. The lowest BCUT2D eigenvalue weighted by Gasteiger charge is -2.08. The van der Waals surface area contributed by atoms with Gasteiger partial charge < -0.3 is 5.43 Å². The van der Waals surface area contributed by atoms with Crippen molar-refractivity contribution in [2.24, 2.45) is 14.1 Å². The Bertz CT molecular complexity index is 566. The van der Waals surface area contributed by atoms with Crippen molar-refractivity contribution in [2.75, 3.05) is 14.1 Å². The number of nitrogens with zero attached hydrogens (tertiary/aromatic N) is 3. The van der Waals surface area contributed by atoms with E-state index >= 15 is 0 Å². The summed E-state index contributed by atoms with van der Waals surface area (Å²) in [7, 11) is 6.62. The maximum Gasteiger partial charge on any atom is 0.330 e. The van der Waals surface area contributed by atoms with Gasteiger partial charge in [-0.25, -0.2) is 9.80 Å². The lowest BCUT2D eigenvalue weighted by atomic mass is 10.4. The first-order valence-electron chi connectivity index (χ1n) is 4.75. The summed E-state index contributed by atoms with van der Waals surface area (Å²) in [4.78, 5) is 23.3. The Morgan fingerprint density at radius 1 is 1.25 bits per heavy atom. The fourth-order valence-electron chi connectivity index (χ4n) is 1.25. The molecule has 0 spiro atoms. The van der Waals surface area contributed by atoms with Crippen LogP contribution >= 0.6 is 0 Å². The van der Waals surface area contributed by atoms with Gasteiger partial charge in [0.05, 0.1) is 10.6 Å². The molecule has 16 heavy (non-hydrogen) atoms. The van der Waals surface area contributed by atoms with E-state index in [9.17, 15) is 9.59 Å². The maximum atomic E-state index is 11.8. The van der Waals surface area contributed by atoms with E-state index in [1.807, 2.05) is 0 Å². The molecule has 0 saturated heterocycles. The summed E-state index contributed by atoms with van der Waals surface area (Å²) in [6, 6.07) is 0. The number of hydrogen-bond acceptors (Lipinski definition) is 4. The van der Waals surface area contributed by atoms with Gasteiger partial charge in [0.1, 0.15) is 0 Å². The van der Waals surface area contributed by atoms with Crippen molar-refractivity contribution in [2.45, 2.75) is 0 Å². The van der Waals surface area contributed by atoms with E-state index in [0.717, 1.165) is 4.57 Å². The van der Waals surface area contributed by atoms with Gasteiger partial charge in [-0.05, 0) is 0 Å². The minimum absolute atomic E-state index is 0.359. The molecule has 0 atom stereocenters. The van der Waals surface area contributed by atoms with Crippen LogP contribution < -0.4 is 27.2 Å². The Morgan fingerprint density at radius 2 is 1.81 bits per heavy atom. The SMILES string of the molecule is C=c1/c(=C/NN(C)C)c(=O)n(C)c(=O)n1C. The molecule has 1 heterocycles. The fourth-order valence-corrected chi connectivity index (χ4v) is 1.25. The Balaban J connectivity index is 3.66. The maximum absolute atomic E-state index is 11.8. The van der Waals surface area contributed by atoms with Gasteiger partial charge in [-0.15, -0.1) is 0 Å². The largest absolute Gasteiger partial charge is 0.330 e. The second-order valence-corrected chi connectivity index (χ2v) is 3.73. The van der Waals surface area contributed by atoms with E-state index in [0.29, 0.717) is 10.6 Å². The summed E-state index contributed by atoms with van der Waals surface area (Å²) < 4.78 is 2.39. The summed E-state index contributed by atoms with van der Waals surface area (Å²) in [6.07, 6.45) is 1.53. The summed E-state index contributed by atoms with van der Waals surface area (Å²) in [5.41, 5.74) is 2.12. The number of rotatable bonds is 2. The average Bonchev–Trinajstić information content (AvgIpc) is 2.23.